The Kier molecular flexibility index (Phi) is 16.3. The fraction of sp³-hybridized carbons (Fsp3) is 0.457. The third-order valence-corrected chi connectivity index (χ3v) is 6.59. The van der Waals surface area contributed by atoms with E-state index in [1.807, 2.05) is 42.9 Å². The monoisotopic (exact) mass is 580 g/mol. The number of anilines is 1. The molecule has 1 saturated carbocycles. The summed E-state index contributed by atoms with van der Waals surface area (Å²) in [4.78, 5) is 12.5. The Balaban J connectivity index is 0.00000165. The molecular weight excluding hydrogens is 530 g/mol. The maximum Gasteiger partial charge on any atom is 0.253 e. The van der Waals surface area contributed by atoms with E-state index in [1.165, 1.54) is 6.42 Å². The molecule has 1 aliphatic rings. The molecule has 42 heavy (non-hydrogen) atoms. The Bertz CT molecular complexity index is 1240. The van der Waals surface area contributed by atoms with Gasteiger partial charge in [0.1, 0.15) is 12.6 Å². The van der Waals surface area contributed by atoms with E-state index in [4.69, 9.17) is 4.79 Å². The zero-order valence-electron chi connectivity index (χ0n) is 26.6. The van der Waals surface area contributed by atoms with Crippen LogP contribution >= 0.6 is 0 Å². The van der Waals surface area contributed by atoms with Crippen molar-refractivity contribution in [1.29, 1.82) is 0 Å². The average Bonchev–Trinajstić information content (AvgIpc) is 3.28. The number of carbonyl (C=O) groups excluding carboxylic acids is 1. The highest BCUT2D eigenvalue weighted by Crippen LogP contribution is 2.48. The third kappa shape index (κ3) is 11.3. The number of hydrogen-bond acceptors (Lipinski definition) is 4. The fourth-order valence-electron chi connectivity index (χ4n) is 4.37. The van der Waals surface area contributed by atoms with Crippen LogP contribution in [-0.2, 0) is 4.79 Å². The summed E-state index contributed by atoms with van der Waals surface area (Å²) >= 11 is 0. The Morgan fingerprint density at radius 3 is 2.36 bits per heavy atom. The average molecular weight is 581 g/mol. The number of rotatable bonds is 13. The van der Waals surface area contributed by atoms with E-state index in [-0.39, 0.29) is 13.0 Å². The summed E-state index contributed by atoms with van der Waals surface area (Å²) in [6, 6.07) is 3.85. The molecule has 2 aromatic rings. The summed E-state index contributed by atoms with van der Waals surface area (Å²) in [5, 5.41) is 7.62. The molecule has 7 heteroatoms. The largest absolute Gasteiger partial charge is 0.370 e. The molecule has 0 spiro atoms. The van der Waals surface area contributed by atoms with Gasteiger partial charge < -0.3 is 10.1 Å². The number of pyridine rings is 1. The van der Waals surface area contributed by atoms with Crippen LogP contribution in [0.3, 0.4) is 0 Å². The molecule has 1 N–H and O–H groups in total. The number of nitrogens with zero attached hydrogens (tertiary/aromatic N) is 3. The number of unbranched alkanes of at least 4 members (excludes halogenated alkanes) is 1. The standard InChI is InChI=1S/C31H40F2N4.C3H8.CH2O/c1-7-10-13-29(37-15-11-14-36-37)28(27(9-3)24(6)16-22(4)12-8-2)18-25-20-34-30(17-23(25)5)35-21-26-19-31(26,32)33;1-3-2;1-2/h9,11,13-18,20,26H,4,7-8,10,12,19,21H2,1-3,5-6H3,(H,34,35);3H2,1-2H3;1H2/b24-16-,27-9+,28-18-,29-13-;;. The Morgan fingerprint density at radius 2 is 1.86 bits per heavy atom. The first kappa shape index (κ1) is 36.4. The summed E-state index contributed by atoms with van der Waals surface area (Å²) in [5.41, 5.74) is 7.37. The second kappa shape index (κ2) is 18.7. The zero-order chi connectivity index (χ0) is 31.7. The second-order valence-corrected chi connectivity index (χ2v) is 10.5. The van der Waals surface area contributed by atoms with Gasteiger partial charge in [-0.3, -0.25) is 0 Å². The number of aryl methyl sites for hydroxylation is 1. The van der Waals surface area contributed by atoms with Gasteiger partial charge in [-0.2, -0.15) is 5.10 Å². The first-order valence-corrected chi connectivity index (χ1v) is 14.9. The highest BCUT2D eigenvalue weighted by molar-refractivity contribution is 5.83. The van der Waals surface area contributed by atoms with E-state index in [0.29, 0.717) is 5.82 Å². The summed E-state index contributed by atoms with van der Waals surface area (Å²) < 4.78 is 28.4. The molecule has 2 heterocycles. The lowest BCUT2D eigenvalue weighted by Gasteiger charge is -2.19. The van der Waals surface area contributed by atoms with Gasteiger partial charge in [-0.15, -0.1) is 0 Å². The minimum atomic E-state index is -2.54. The van der Waals surface area contributed by atoms with Crippen molar-refractivity contribution in [2.24, 2.45) is 5.92 Å². The highest BCUT2D eigenvalue weighted by Gasteiger charge is 2.56. The van der Waals surface area contributed by atoms with Crippen molar-refractivity contribution >= 4 is 24.4 Å². The number of carbonyl (C=O) groups is 1. The van der Waals surface area contributed by atoms with Gasteiger partial charge in [0, 0.05) is 43.0 Å². The lowest BCUT2D eigenvalue weighted by atomic mass is 9.91. The van der Waals surface area contributed by atoms with E-state index >= 15 is 0 Å². The maximum absolute atomic E-state index is 13.3. The predicted molar refractivity (Wildman–Crippen MR) is 175 cm³/mol. The van der Waals surface area contributed by atoms with E-state index in [9.17, 15) is 8.78 Å². The third-order valence-electron chi connectivity index (χ3n) is 6.59. The van der Waals surface area contributed by atoms with Gasteiger partial charge >= 0.3 is 0 Å². The highest BCUT2D eigenvalue weighted by atomic mass is 19.3. The van der Waals surface area contributed by atoms with Crippen molar-refractivity contribution < 1.29 is 13.6 Å². The molecular formula is C35H50F2N4O. The van der Waals surface area contributed by atoms with Crippen molar-refractivity contribution in [2.45, 2.75) is 92.9 Å². The topological polar surface area (TPSA) is 59.8 Å². The lowest BCUT2D eigenvalue weighted by molar-refractivity contribution is -0.0980. The van der Waals surface area contributed by atoms with Crippen LogP contribution in [0.4, 0.5) is 14.6 Å². The molecule has 0 aliphatic heterocycles. The van der Waals surface area contributed by atoms with Crippen molar-refractivity contribution in [3.05, 3.63) is 88.9 Å². The van der Waals surface area contributed by atoms with Crippen LogP contribution in [0, 0.1) is 12.8 Å². The summed E-state index contributed by atoms with van der Waals surface area (Å²) in [5.74, 6) is -2.52. The van der Waals surface area contributed by atoms with Crippen molar-refractivity contribution in [3.63, 3.8) is 0 Å². The van der Waals surface area contributed by atoms with Crippen LogP contribution in [0.25, 0.3) is 11.8 Å². The normalized spacial score (nSPS) is 16.5. The summed E-state index contributed by atoms with van der Waals surface area (Å²) in [6.45, 7) is 21.2. The van der Waals surface area contributed by atoms with Crippen LogP contribution in [0.15, 0.2) is 77.8 Å². The molecule has 1 atom stereocenters. The van der Waals surface area contributed by atoms with E-state index in [2.05, 4.69) is 87.8 Å². The molecule has 1 aliphatic carbocycles. The molecule has 0 radical (unpaired) electrons. The van der Waals surface area contributed by atoms with Crippen molar-refractivity contribution in [1.82, 2.24) is 14.8 Å². The molecule has 0 bridgehead atoms. The molecule has 0 saturated heterocycles. The van der Waals surface area contributed by atoms with Crippen LogP contribution in [0.1, 0.15) is 91.2 Å². The van der Waals surface area contributed by atoms with E-state index < -0.39 is 11.8 Å². The van der Waals surface area contributed by atoms with E-state index in [0.717, 1.165) is 64.8 Å². The fourth-order valence-corrected chi connectivity index (χ4v) is 4.37. The van der Waals surface area contributed by atoms with Gasteiger partial charge in [0.15, 0.2) is 0 Å². The number of allylic oxidation sites excluding steroid dienone is 8. The Morgan fingerprint density at radius 1 is 1.19 bits per heavy atom. The van der Waals surface area contributed by atoms with E-state index in [1.54, 1.807) is 6.20 Å². The predicted octanol–water partition coefficient (Wildman–Crippen LogP) is 9.86. The minimum Gasteiger partial charge on any atom is -0.370 e. The molecule has 1 fully saturated rings. The zero-order valence-corrected chi connectivity index (χ0v) is 26.6. The summed E-state index contributed by atoms with van der Waals surface area (Å²) in [6.07, 6.45) is 19.4. The first-order chi connectivity index (χ1) is 20.1. The van der Waals surface area contributed by atoms with Crippen LogP contribution in [-0.4, -0.2) is 34.0 Å². The number of aromatic nitrogens is 3. The molecule has 230 valence electrons. The Hall–Kier alpha value is -3.61. The van der Waals surface area contributed by atoms with Crippen molar-refractivity contribution in [3.8, 4) is 0 Å². The lowest BCUT2D eigenvalue weighted by Crippen LogP contribution is -2.10. The number of nitrogens with one attached hydrogen (secondary N) is 1. The SMILES string of the molecule is C=C(\C=C(C)/C(=C\C)C(=C/c1cnc(NCC2CC2(F)F)cc1C)/C(=C/CCC)n1cccn1)CCC.C=O.CCC. The minimum absolute atomic E-state index is 0.0485. The first-order valence-electron chi connectivity index (χ1n) is 14.9. The van der Waals surface area contributed by atoms with Gasteiger partial charge in [-0.25, -0.2) is 18.4 Å². The van der Waals surface area contributed by atoms with Crippen molar-refractivity contribution in [2.75, 3.05) is 11.9 Å². The van der Waals surface area contributed by atoms with Gasteiger partial charge in [-0.05, 0) is 74.1 Å². The maximum atomic E-state index is 13.3. The van der Waals surface area contributed by atoms with Gasteiger partial charge in [-0.1, -0.05) is 77.3 Å². The second-order valence-electron chi connectivity index (χ2n) is 10.5. The smallest absolute Gasteiger partial charge is 0.253 e. The quantitative estimate of drug-likeness (QED) is 0.240. The molecule has 0 aromatic carbocycles. The molecule has 5 nitrogen and oxygen atoms in total. The number of hydrogen-bond donors (Lipinski definition) is 1. The van der Waals surface area contributed by atoms with Crippen LogP contribution in [0.2, 0.25) is 0 Å². The number of halogens is 2. The van der Waals surface area contributed by atoms with Gasteiger partial charge in [0.2, 0.25) is 0 Å². The molecule has 0 amide bonds. The number of alkyl halides is 2. The Labute approximate surface area is 252 Å². The van der Waals surface area contributed by atoms with Crippen LogP contribution < -0.4 is 5.32 Å². The molecule has 1 unspecified atom stereocenters. The van der Waals surface area contributed by atoms with Crippen LogP contribution in [0.5, 0.6) is 0 Å². The summed E-state index contributed by atoms with van der Waals surface area (Å²) in [7, 11) is 0. The van der Waals surface area contributed by atoms with Gasteiger partial charge in [0.05, 0.1) is 5.70 Å². The molecule has 2 aromatic heterocycles. The molecule has 3 rings (SSSR count). The van der Waals surface area contributed by atoms with Gasteiger partial charge in [0.25, 0.3) is 5.92 Å².